The Morgan fingerprint density at radius 2 is 2.14 bits per heavy atom. The van der Waals surface area contributed by atoms with Crippen LogP contribution >= 0.6 is 11.8 Å². The molecular weight excluding hydrogens is 368 g/mol. The van der Waals surface area contributed by atoms with Crippen molar-refractivity contribution in [2.24, 2.45) is 0 Å². The normalized spacial score (nSPS) is 16.5. The third-order valence-electron chi connectivity index (χ3n) is 5.10. The third-order valence-corrected chi connectivity index (χ3v) is 6.15. The van der Waals surface area contributed by atoms with Gasteiger partial charge in [0.05, 0.1) is 5.69 Å². The van der Waals surface area contributed by atoms with Gasteiger partial charge in [0, 0.05) is 47.7 Å². The zero-order chi connectivity index (χ0) is 19.3. The molecular formula is C22H26N4OS. The molecule has 0 bridgehead atoms. The first-order valence-electron chi connectivity index (χ1n) is 9.92. The van der Waals surface area contributed by atoms with Crippen molar-refractivity contribution in [2.45, 2.75) is 36.5 Å². The number of nitrogens with zero attached hydrogens (tertiary/aromatic N) is 3. The van der Waals surface area contributed by atoms with Crippen LogP contribution in [0.3, 0.4) is 0 Å². The van der Waals surface area contributed by atoms with E-state index in [0.29, 0.717) is 6.04 Å². The van der Waals surface area contributed by atoms with E-state index in [2.05, 4.69) is 23.4 Å². The van der Waals surface area contributed by atoms with Crippen LogP contribution in [0.2, 0.25) is 0 Å². The minimum Gasteiger partial charge on any atom is -0.334 e. The van der Waals surface area contributed by atoms with Crippen LogP contribution in [0.1, 0.15) is 35.8 Å². The summed E-state index contributed by atoms with van der Waals surface area (Å²) in [5, 5.41) is 3.36. The Morgan fingerprint density at radius 3 is 2.86 bits per heavy atom. The summed E-state index contributed by atoms with van der Waals surface area (Å²) in [6.07, 6.45) is 6.10. The highest BCUT2D eigenvalue weighted by molar-refractivity contribution is 7.98. The minimum atomic E-state index is 0.146. The van der Waals surface area contributed by atoms with Gasteiger partial charge in [-0.25, -0.2) is 4.98 Å². The lowest BCUT2D eigenvalue weighted by Crippen LogP contribution is -2.42. The van der Waals surface area contributed by atoms with Crippen molar-refractivity contribution in [3.63, 3.8) is 0 Å². The van der Waals surface area contributed by atoms with E-state index in [-0.39, 0.29) is 5.91 Å². The second kappa shape index (κ2) is 8.80. The molecule has 0 spiro atoms. The summed E-state index contributed by atoms with van der Waals surface area (Å²) in [5.41, 5.74) is 2.80. The van der Waals surface area contributed by atoms with E-state index in [4.69, 9.17) is 0 Å². The van der Waals surface area contributed by atoms with Crippen LogP contribution < -0.4 is 5.32 Å². The molecule has 2 aromatic heterocycles. The van der Waals surface area contributed by atoms with Gasteiger partial charge in [0.2, 0.25) is 0 Å². The van der Waals surface area contributed by atoms with Gasteiger partial charge >= 0.3 is 0 Å². The van der Waals surface area contributed by atoms with E-state index in [1.54, 1.807) is 11.8 Å². The van der Waals surface area contributed by atoms with Crippen LogP contribution in [0.25, 0.3) is 5.65 Å². The van der Waals surface area contributed by atoms with Crippen LogP contribution in [0.4, 0.5) is 0 Å². The van der Waals surface area contributed by atoms with Crippen molar-refractivity contribution in [1.29, 1.82) is 0 Å². The molecule has 1 aromatic carbocycles. The number of thioether (sulfide) groups is 1. The van der Waals surface area contributed by atoms with Crippen LogP contribution in [-0.4, -0.2) is 45.9 Å². The molecule has 1 amide bonds. The minimum absolute atomic E-state index is 0.146. The maximum absolute atomic E-state index is 13.0. The quantitative estimate of drug-likeness (QED) is 0.619. The van der Waals surface area contributed by atoms with E-state index in [9.17, 15) is 4.79 Å². The zero-order valence-electron chi connectivity index (χ0n) is 16.2. The predicted molar refractivity (Wildman–Crippen MR) is 114 cm³/mol. The Bertz CT molecular complexity index is 898. The molecule has 1 atom stereocenters. The van der Waals surface area contributed by atoms with Gasteiger partial charge < -0.3 is 14.6 Å². The number of benzene rings is 1. The molecule has 4 rings (SSSR count). The fraction of sp³-hybridized carbons (Fsp3) is 0.364. The Morgan fingerprint density at radius 1 is 1.29 bits per heavy atom. The molecule has 146 valence electrons. The molecule has 28 heavy (non-hydrogen) atoms. The highest BCUT2D eigenvalue weighted by Gasteiger charge is 2.26. The Labute approximate surface area is 170 Å². The van der Waals surface area contributed by atoms with Crippen LogP contribution in [-0.2, 0) is 5.75 Å². The summed E-state index contributed by atoms with van der Waals surface area (Å²) < 4.78 is 2.04. The summed E-state index contributed by atoms with van der Waals surface area (Å²) >= 11 is 1.74. The molecule has 0 aliphatic carbocycles. The average Bonchev–Trinajstić information content (AvgIpc) is 3.40. The highest BCUT2D eigenvalue weighted by atomic mass is 32.2. The second-order valence-electron chi connectivity index (χ2n) is 7.16. The van der Waals surface area contributed by atoms with Gasteiger partial charge in [0.1, 0.15) is 5.65 Å². The third kappa shape index (κ3) is 4.23. The molecule has 3 aromatic rings. The van der Waals surface area contributed by atoms with E-state index >= 15 is 0 Å². The first kappa shape index (κ1) is 19.0. The van der Waals surface area contributed by atoms with E-state index < -0.39 is 0 Å². The van der Waals surface area contributed by atoms with Gasteiger partial charge in [0.15, 0.2) is 0 Å². The van der Waals surface area contributed by atoms with Gasteiger partial charge in [-0.3, -0.25) is 4.79 Å². The van der Waals surface area contributed by atoms with Crippen molar-refractivity contribution in [3.05, 3.63) is 66.1 Å². The first-order chi connectivity index (χ1) is 13.7. The number of amides is 1. The maximum atomic E-state index is 13.0. The molecule has 0 saturated carbocycles. The number of aromatic nitrogens is 2. The number of hydrogen-bond acceptors (Lipinski definition) is 4. The summed E-state index contributed by atoms with van der Waals surface area (Å²) in [5.74, 6) is 0.956. The Hall–Kier alpha value is -2.31. The van der Waals surface area contributed by atoms with Gasteiger partial charge in [-0.1, -0.05) is 13.0 Å². The molecule has 1 fully saturated rings. The highest BCUT2D eigenvalue weighted by Crippen LogP contribution is 2.24. The Kier molecular flexibility index (Phi) is 5.98. The fourth-order valence-electron chi connectivity index (χ4n) is 3.67. The SMILES string of the molecule is CCCN(C(=O)c1ccc(SCc2cn3ccccc3n2)cc1)C1CCNC1. The summed E-state index contributed by atoms with van der Waals surface area (Å²) in [7, 11) is 0. The molecule has 0 radical (unpaired) electrons. The molecule has 3 heterocycles. The molecule has 1 aliphatic rings. The molecule has 1 unspecified atom stereocenters. The first-order valence-corrected chi connectivity index (χ1v) is 10.9. The van der Waals surface area contributed by atoms with Crippen molar-refractivity contribution in [3.8, 4) is 0 Å². The number of carbonyl (C=O) groups excluding carboxylic acids is 1. The second-order valence-corrected chi connectivity index (χ2v) is 8.21. The average molecular weight is 395 g/mol. The maximum Gasteiger partial charge on any atom is 0.254 e. The van der Waals surface area contributed by atoms with Gasteiger partial charge in [-0.05, 0) is 55.8 Å². The van der Waals surface area contributed by atoms with Gasteiger partial charge in [-0.15, -0.1) is 11.8 Å². The largest absolute Gasteiger partial charge is 0.334 e. The van der Waals surface area contributed by atoms with Crippen molar-refractivity contribution in [2.75, 3.05) is 19.6 Å². The summed E-state index contributed by atoms with van der Waals surface area (Å²) in [6.45, 7) is 4.84. The lowest BCUT2D eigenvalue weighted by molar-refractivity contribution is 0.0692. The summed E-state index contributed by atoms with van der Waals surface area (Å²) in [6, 6.07) is 14.3. The standard InChI is InChI=1S/C22H26N4OS/c1-2-12-26(19-10-11-23-14-19)22(27)17-6-8-20(9-7-17)28-16-18-15-25-13-4-3-5-21(25)24-18/h3-9,13,15,19,23H,2,10-12,14,16H2,1H3. The van der Waals surface area contributed by atoms with Crippen molar-refractivity contribution in [1.82, 2.24) is 19.6 Å². The fourth-order valence-corrected chi connectivity index (χ4v) is 4.45. The number of rotatable bonds is 7. The molecule has 1 N–H and O–H groups in total. The van der Waals surface area contributed by atoms with Crippen LogP contribution in [0.15, 0.2) is 59.8 Å². The number of fused-ring (bicyclic) bond motifs is 1. The molecule has 5 nitrogen and oxygen atoms in total. The number of nitrogens with one attached hydrogen (secondary N) is 1. The van der Waals surface area contributed by atoms with Gasteiger partial charge in [0.25, 0.3) is 5.91 Å². The number of imidazole rings is 1. The smallest absolute Gasteiger partial charge is 0.254 e. The van der Waals surface area contributed by atoms with Gasteiger partial charge in [-0.2, -0.15) is 0 Å². The van der Waals surface area contributed by atoms with E-state index in [0.717, 1.165) is 60.0 Å². The lowest BCUT2D eigenvalue weighted by Gasteiger charge is -2.28. The number of pyridine rings is 1. The van der Waals surface area contributed by atoms with Crippen molar-refractivity contribution < 1.29 is 4.79 Å². The zero-order valence-corrected chi connectivity index (χ0v) is 17.0. The van der Waals surface area contributed by atoms with Crippen LogP contribution in [0, 0.1) is 0 Å². The van der Waals surface area contributed by atoms with Crippen molar-refractivity contribution >= 4 is 23.3 Å². The Balaban J connectivity index is 1.40. The topological polar surface area (TPSA) is 49.6 Å². The number of hydrogen-bond donors (Lipinski definition) is 1. The summed E-state index contributed by atoms with van der Waals surface area (Å²) in [4.78, 5) is 20.8. The molecule has 1 saturated heterocycles. The van der Waals surface area contributed by atoms with E-state index in [1.165, 1.54) is 0 Å². The number of carbonyl (C=O) groups is 1. The molecule has 1 aliphatic heterocycles. The molecule has 6 heteroatoms. The van der Waals surface area contributed by atoms with E-state index in [1.807, 2.05) is 58.0 Å². The van der Waals surface area contributed by atoms with Crippen LogP contribution in [0.5, 0.6) is 0 Å². The monoisotopic (exact) mass is 394 g/mol. The predicted octanol–water partition coefficient (Wildman–Crippen LogP) is 3.84. The lowest BCUT2D eigenvalue weighted by atomic mass is 10.1.